The second-order valence-corrected chi connectivity index (χ2v) is 6.56. The lowest BCUT2D eigenvalue weighted by molar-refractivity contribution is -0.384. The Balaban J connectivity index is 1.66. The number of aromatic nitrogens is 3. The van der Waals surface area contributed by atoms with Crippen LogP contribution < -0.4 is 5.01 Å². The van der Waals surface area contributed by atoms with Crippen LogP contribution in [-0.2, 0) is 0 Å². The number of benzene rings is 1. The molecular weight excluding hydrogens is 368 g/mol. The monoisotopic (exact) mass is 386 g/mol. The van der Waals surface area contributed by atoms with E-state index in [4.69, 9.17) is 0 Å². The SMILES string of the molecule is Cc1ccc([N+](=O)[O-])cc1N(C)/N=C/c1cnc2ccc(-c3ccncc3)cn12. The maximum Gasteiger partial charge on any atom is 0.271 e. The lowest BCUT2D eigenvalue weighted by atomic mass is 10.1. The fraction of sp³-hybridized carbons (Fsp3) is 0.0952. The molecule has 0 spiro atoms. The van der Waals surface area contributed by atoms with Crippen LogP contribution in [0.15, 0.2) is 72.4 Å². The first-order chi connectivity index (χ1) is 14.0. The third kappa shape index (κ3) is 3.68. The van der Waals surface area contributed by atoms with Gasteiger partial charge in [-0.2, -0.15) is 5.10 Å². The second kappa shape index (κ2) is 7.51. The van der Waals surface area contributed by atoms with E-state index in [1.165, 1.54) is 12.1 Å². The van der Waals surface area contributed by atoms with Crippen LogP contribution >= 0.6 is 0 Å². The van der Waals surface area contributed by atoms with E-state index in [1.54, 1.807) is 42.9 Å². The molecule has 0 saturated heterocycles. The van der Waals surface area contributed by atoms with Gasteiger partial charge in [-0.1, -0.05) is 6.07 Å². The summed E-state index contributed by atoms with van der Waals surface area (Å²) in [6.45, 7) is 1.89. The molecule has 0 aliphatic carbocycles. The zero-order valence-electron chi connectivity index (χ0n) is 15.9. The van der Waals surface area contributed by atoms with Gasteiger partial charge in [0.15, 0.2) is 0 Å². The molecule has 4 aromatic rings. The number of nitrogens with zero attached hydrogens (tertiary/aromatic N) is 6. The maximum atomic E-state index is 11.1. The van der Waals surface area contributed by atoms with Gasteiger partial charge in [0.25, 0.3) is 5.69 Å². The molecule has 0 radical (unpaired) electrons. The van der Waals surface area contributed by atoms with Crippen LogP contribution in [0.2, 0.25) is 0 Å². The van der Waals surface area contributed by atoms with Crippen LogP contribution in [0.25, 0.3) is 16.8 Å². The van der Waals surface area contributed by atoms with E-state index < -0.39 is 4.92 Å². The summed E-state index contributed by atoms with van der Waals surface area (Å²) in [4.78, 5) is 19.1. The van der Waals surface area contributed by atoms with Gasteiger partial charge in [0, 0.05) is 37.8 Å². The van der Waals surface area contributed by atoms with Gasteiger partial charge in [0.2, 0.25) is 0 Å². The zero-order chi connectivity index (χ0) is 20.4. The summed E-state index contributed by atoms with van der Waals surface area (Å²) in [5.74, 6) is 0. The summed E-state index contributed by atoms with van der Waals surface area (Å²) in [6.07, 6.45) is 8.94. The summed E-state index contributed by atoms with van der Waals surface area (Å²) in [6, 6.07) is 12.6. The van der Waals surface area contributed by atoms with E-state index in [1.807, 2.05) is 41.8 Å². The Bertz CT molecular complexity index is 1220. The predicted octanol–water partition coefficient (Wildman–Crippen LogP) is 4.08. The second-order valence-electron chi connectivity index (χ2n) is 6.56. The van der Waals surface area contributed by atoms with Crippen LogP contribution in [0.3, 0.4) is 0 Å². The zero-order valence-corrected chi connectivity index (χ0v) is 15.9. The van der Waals surface area contributed by atoms with Crippen LogP contribution in [0.4, 0.5) is 11.4 Å². The minimum atomic E-state index is -0.411. The molecule has 0 N–H and O–H groups in total. The summed E-state index contributed by atoms with van der Waals surface area (Å²) in [7, 11) is 1.76. The van der Waals surface area contributed by atoms with Crippen molar-refractivity contribution in [2.24, 2.45) is 5.10 Å². The Labute approximate surface area is 166 Å². The number of aryl methyl sites for hydroxylation is 1. The van der Waals surface area contributed by atoms with Crippen molar-refractivity contribution in [1.29, 1.82) is 0 Å². The molecular formula is C21H18N6O2. The number of non-ortho nitro benzene ring substituents is 1. The third-order valence-corrected chi connectivity index (χ3v) is 4.66. The molecule has 0 bridgehead atoms. The minimum Gasteiger partial charge on any atom is -0.298 e. The Kier molecular flexibility index (Phi) is 4.74. The van der Waals surface area contributed by atoms with Crippen molar-refractivity contribution in [2.75, 3.05) is 12.1 Å². The Morgan fingerprint density at radius 3 is 2.69 bits per heavy atom. The molecule has 4 rings (SSSR count). The van der Waals surface area contributed by atoms with Crippen LogP contribution in [-0.4, -0.2) is 32.6 Å². The molecule has 8 heteroatoms. The molecule has 1 aromatic carbocycles. The smallest absolute Gasteiger partial charge is 0.271 e. The summed E-state index contributed by atoms with van der Waals surface area (Å²) in [5, 5.41) is 17.1. The fourth-order valence-corrected chi connectivity index (χ4v) is 3.08. The van der Waals surface area contributed by atoms with Gasteiger partial charge in [-0.25, -0.2) is 4.98 Å². The molecule has 8 nitrogen and oxygen atoms in total. The van der Waals surface area contributed by atoms with E-state index in [0.29, 0.717) is 5.69 Å². The number of anilines is 1. The van der Waals surface area contributed by atoms with Gasteiger partial charge in [0.1, 0.15) is 5.65 Å². The maximum absolute atomic E-state index is 11.1. The Morgan fingerprint density at radius 1 is 1.14 bits per heavy atom. The van der Waals surface area contributed by atoms with Crippen molar-refractivity contribution in [2.45, 2.75) is 6.92 Å². The van der Waals surface area contributed by atoms with Gasteiger partial charge in [0.05, 0.1) is 28.7 Å². The van der Waals surface area contributed by atoms with Gasteiger partial charge < -0.3 is 0 Å². The summed E-state index contributed by atoms with van der Waals surface area (Å²) in [5.41, 5.74) is 5.29. The first kappa shape index (κ1) is 18.3. The van der Waals surface area contributed by atoms with Crippen molar-refractivity contribution in [3.63, 3.8) is 0 Å². The van der Waals surface area contributed by atoms with E-state index in [2.05, 4.69) is 15.1 Å². The average molecular weight is 386 g/mol. The number of rotatable bonds is 5. The third-order valence-electron chi connectivity index (χ3n) is 4.66. The number of hydrazone groups is 1. The normalized spacial score (nSPS) is 11.2. The molecule has 0 atom stereocenters. The number of nitro groups is 1. The summed E-state index contributed by atoms with van der Waals surface area (Å²) >= 11 is 0. The molecule has 0 saturated carbocycles. The average Bonchev–Trinajstić information content (AvgIpc) is 3.15. The minimum absolute atomic E-state index is 0.0319. The highest BCUT2D eigenvalue weighted by Crippen LogP contribution is 2.25. The predicted molar refractivity (Wildman–Crippen MR) is 112 cm³/mol. The number of imidazole rings is 1. The van der Waals surface area contributed by atoms with Crippen molar-refractivity contribution in [3.05, 3.63) is 88.6 Å². The van der Waals surface area contributed by atoms with E-state index >= 15 is 0 Å². The molecule has 0 fully saturated rings. The van der Waals surface area contributed by atoms with Crippen molar-refractivity contribution >= 4 is 23.2 Å². The number of fused-ring (bicyclic) bond motifs is 1. The van der Waals surface area contributed by atoms with Gasteiger partial charge in [-0.15, -0.1) is 0 Å². The van der Waals surface area contributed by atoms with Crippen LogP contribution in [0, 0.1) is 17.0 Å². The number of nitro benzene ring substituents is 1. The van der Waals surface area contributed by atoms with Gasteiger partial charge in [-0.05, 0) is 47.9 Å². The molecule has 0 aliphatic heterocycles. The molecule has 0 amide bonds. The van der Waals surface area contributed by atoms with Crippen LogP contribution in [0.1, 0.15) is 11.3 Å². The van der Waals surface area contributed by atoms with E-state index in [-0.39, 0.29) is 5.69 Å². The number of hydrogen-bond acceptors (Lipinski definition) is 6. The molecule has 29 heavy (non-hydrogen) atoms. The quantitative estimate of drug-likeness (QED) is 0.293. The fourth-order valence-electron chi connectivity index (χ4n) is 3.08. The highest BCUT2D eigenvalue weighted by atomic mass is 16.6. The van der Waals surface area contributed by atoms with Crippen LogP contribution in [0.5, 0.6) is 0 Å². The number of hydrogen-bond donors (Lipinski definition) is 0. The largest absolute Gasteiger partial charge is 0.298 e. The first-order valence-corrected chi connectivity index (χ1v) is 8.93. The van der Waals surface area contributed by atoms with Gasteiger partial charge >= 0.3 is 0 Å². The Hall–Kier alpha value is -4.07. The lowest BCUT2D eigenvalue weighted by Crippen LogP contribution is -2.11. The van der Waals surface area contributed by atoms with Crippen molar-refractivity contribution < 1.29 is 4.92 Å². The first-order valence-electron chi connectivity index (χ1n) is 8.93. The van der Waals surface area contributed by atoms with Gasteiger partial charge in [-0.3, -0.25) is 24.5 Å². The number of pyridine rings is 2. The van der Waals surface area contributed by atoms with E-state index in [9.17, 15) is 10.1 Å². The molecule has 0 aliphatic rings. The summed E-state index contributed by atoms with van der Waals surface area (Å²) < 4.78 is 1.95. The Morgan fingerprint density at radius 2 is 1.93 bits per heavy atom. The standard InChI is InChI=1S/C21H18N6O2/c1-15-3-5-18(27(28)29)11-20(15)25(2)24-13-19-12-23-21-6-4-17(14-26(19)21)16-7-9-22-10-8-16/h3-14H,1-2H3/b24-13+. The van der Waals surface area contributed by atoms with Crippen molar-refractivity contribution in [1.82, 2.24) is 14.4 Å². The molecule has 144 valence electrons. The van der Waals surface area contributed by atoms with E-state index in [0.717, 1.165) is 28.0 Å². The van der Waals surface area contributed by atoms with Crippen molar-refractivity contribution in [3.8, 4) is 11.1 Å². The highest BCUT2D eigenvalue weighted by molar-refractivity contribution is 5.80. The molecule has 3 heterocycles. The molecule has 0 unspecified atom stereocenters. The topological polar surface area (TPSA) is 88.9 Å². The molecule has 3 aromatic heterocycles. The highest BCUT2D eigenvalue weighted by Gasteiger charge is 2.11. The lowest BCUT2D eigenvalue weighted by Gasteiger charge is -2.15.